The first-order chi connectivity index (χ1) is 6.41. The molecule has 0 saturated carbocycles. The van der Waals surface area contributed by atoms with Crippen LogP contribution in [-0.2, 0) is 0 Å². The number of likely N-dealkylation sites (tertiary alicyclic amines) is 1. The Kier molecular flexibility index (Phi) is 3.53. The molecule has 1 rings (SSSR count). The Balaban J connectivity index is 2.46. The molecule has 0 aromatic rings. The highest BCUT2D eigenvalue weighted by atomic mass is 15.2. The molecule has 2 N–H and O–H groups in total. The highest BCUT2D eigenvalue weighted by molar-refractivity contribution is 5.85. The highest BCUT2D eigenvalue weighted by Gasteiger charge is 2.21. The molecule has 1 heterocycles. The van der Waals surface area contributed by atoms with Gasteiger partial charge in [0.1, 0.15) is 0 Å². The minimum absolute atomic E-state index is 0.0111. The molecule has 1 aliphatic rings. The molecule has 0 aromatic carbocycles. The fourth-order valence-corrected chi connectivity index (χ4v) is 1.65. The standard InChI is InChI=1S/C11H23N3/c1-11(2,3)10(12)13-8-9-6-5-7-14(9)4/h9H,5-8H2,1-4H3,(H2,12,13). The van der Waals surface area contributed by atoms with Crippen molar-refractivity contribution in [1.29, 1.82) is 0 Å². The molecule has 1 atom stereocenters. The first kappa shape index (κ1) is 11.5. The van der Waals surface area contributed by atoms with Gasteiger partial charge >= 0.3 is 0 Å². The third-order valence-corrected chi connectivity index (χ3v) is 2.91. The summed E-state index contributed by atoms with van der Waals surface area (Å²) < 4.78 is 0. The molecule has 0 aromatic heterocycles. The molecule has 1 unspecified atom stereocenters. The largest absolute Gasteiger partial charge is 0.387 e. The van der Waals surface area contributed by atoms with Gasteiger partial charge in [-0.1, -0.05) is 20.8 Å². The fourth-order valence-electron chi connectivity index (χ4n) is 1.65. The van der Waals surface area contributed by atoms with E-state index in [0.717, 1.165) is 12.4 Å². The zero-order valence-corrected chi connectivity index (χ0v) is 9.88. The van der Waals surface area contributed by atoms with Crippen molar-refractivity contribution >= 4 is 5.84 Å². The third kappa shape index (κ3) is 2.98. The predicted molar refractivity (Wildman–Crippen MR) is 61.6 cm³/mol. The Morgan fingerprint density at radius 1 is 1.50 bits per heavy atom. The van der Waals surface area contributed by atoms with Crippen LogP contribution in [0, 0.1) is 5.41 Å². The average molecular weight is 197 g/mol. The second-order valence-electron chi connectivity index (χ2n) is 5.25. The minimum Gasteiger partial charge on any atom is -0.387 e. The Bertz CT molecular complexity index is 215. The Morgan fingerprint density at radius 2 is 2.14 bits per heavy atom. The molecule has 1 saturated heterocycles. The van der Waals surface area contributed by atoms with Gasteiger partial charge < -0.3 is 10.6 Å². The van der Waals surface area contributed by atoms with E-state index in [-0.39, 0.29) is 5.41 Å². The highest BCUT2D eigenvalue weighted by Crippen LogP contribution is 2.17. The maximum atomic E-state index is 5.91. The normalized spacial score (nSPS) is 25.7. The number of nitrogens with zero attached hydrogens (tertiary/aromatic N) is 2. The average Bonchev–Trinajstić information content (AvgIpc) is 2.45. The van der Waals surface area contributed by atoms with Crippen LogP contribution in [0.25, 0.3) is 0 Å². The summed E-state index contributed by atoms with van der Waals surface area (Å²) in [5.41, 5.74) is 5.92. The van der Waals surface area contributed by atoms with Gasteiger partial charge in [0.25, 0.3) is 0 Å². The monoisotopic (exact) mass is 197 g/mol. The number of amidine groups is 1. The van der Waals surface area contributed by atoms with Crippen LogP contribution >= 0.6 is 0 Å². The first-order valence-electron chi connectivity index (χ1n) is 5.42. The third-order valence-electron chi connectivity index (χ3n) is 2.91. The summed E-state index contributed by atoms with van der Waals surface area (Å²) in [6, 6.07) is 0.607. The summed E-state index contributed by atoms with van der Waals surface area (Å²) in [5.74, 6) is 0.776. The van der Waals surface area contributed by atoms with Crippen molar-refractivity contribution in [3.8, 4) is 0 Å². The summed E-state index contributed by atoms with van der Waals surface area (Å²) in [7, 11) is 2.17. The first-order valence-corrected chi connectivity index (χ1v) is 5.42. The van der Waals surface area contributed by atoms with E-state index in [1.54, 1.807) is 0 Å². The topological polar surface area (TPSA) is 41.6 Å². The fraction of sp³-hybridized carbons (Fsp3) is 0.909. The molecule has 0 spiro atoms. The van der Waals surface area contributed by atoms with E-state index in [9.17, 15) is 0 Å². The summed E-state index contributed by atoms with van der Waals surface area (Å²) in [4.78, 5) is 6.86. The van der Waals surface area contributed by atoms with Gasteiger partial charge in [0.05, 0.1) is 12.4 Å². The van der Waals surface area contributed by atoms with Gasteiger partial charge in [-0.15, -0.1) is 0 Å². The molecule has 1 fully saturated rings. The van der Waals surface area contributed by atoms with E-state index >= 15 is 0 Å². The van der Waals surface area contributed by atoms with E-state index in [1.165, 1.54) is 19.4 Å². The maximum Gasteiger partial charge on any atom is 0.0992 e. The van der Waals surface area contributed by atoms with Gasteiger partial charge in [-0.3, -0.25) is 4.99 Å². The zero-order chi connectivity index (χ0) is 10.8. The number of hydrogen-bond acceptors (Lipinski definition) is 2. The maximum absolute atomic E-state index is 5.91. The zero-order valence-electron chi connectivity index (χ0n) is 9.88. The number of nitrogens with two attached hydrogens (primary N) is 1. The van der Waals surface area contributed by atoms with Gasteiger partial charge in [0, 0.05) is 11.5 Å². The van der Waals surface area contributed by atoms with E-state index in [4.69, 9.17) is 5.73 Å². The minimum atomic E-state index is 0.0111. The Labute approximate surface area is 87.4 Å². The van der Waals surface area contributed by atoms with Crippen molar-refractivity contribution in [1.82, 2.24) is 4.90 Å². The molecular formula is C11H23N3. The summed E-state index contributed by atoms with van der Waals surface area (Å²) in [6.07, 6.45) is 2.56. The van der Waals surface area contributed by atoms with Crippen molar-refractivity contribution in [2.24, 2.45) is 16.1 Å². The lowest BCUT2D eigenvalue weighted by molar-refractivity contribution is 0.317. The van der Waals surface area contributed by atoms with Crippen molar-refractivity contribution < 1.29 is 0 Å². The van der Waals surface area contributed by atoms with Crippen LogP contribution in [0.4, 0.5) is 0 Å². The molecule has 14 heavy (non-hydrogen) atoms. The van der Waals surface area contributed by atoms with E-state index in [0.29, 0.717) is 6.04 Å². The number of hydrogen-bond donors (Lipinski definition) is 1. The van der Waals surface area contributed by atoms with Crippen LogP contribution in [0.3, 0.4) is 0 Å². The van der Waals surface area contributed by atoms with Crippen molar-refractivity contribution in [2.45, 2.75) is 39.7 Å². The quantitative estimate of drug-likeness (QED) is 0.538. The van der Waals surface area contributed by atoms with E-state index in [1.807, 2.05) is 0 Å². The van der Waals surface area contributed by atoms with Crippen molar-refractivity contribution in [3.05, 3.63) is 0 Å². The van der Waals surface area contributed by atoms with Crippen LogP contribution in [-0.4, -0.2) is 36.9 Å². The molecule has 0 amide bonds. The van der Waals surface area contributed by atoms with E-state index < -0.39 is 0 Å². The lowest BCUT2D eigenvalue weighted by atomic mass is 9.95. The second-order valence-corrected chi connectivity index (χ2v) is 5.25. The van der Waals surface area contributed by atoms with Gasteiger partial charge in [-0.05, 0) is 26.4 Å². The smallest absolute Gasteiger partial charge is 0.0992 e. The molecule has 0 aliphatic carbocycles. The molecule has 3 heteroatoms. The Morgan fingerprint density at radius 3 is 2.57 bits per heavy atom. The lowest BCUT2D eigenvalue weighted by Gasteiger charge is -2.21. The molecule has 82 valence electrons. The predicted octanol–water partition coefficient (Wildman–Crippen LogP) is 1.48. The summed E-state index contributed by atoms with van der Waals surface area (Å²) in [5, 5.41) is 0. The van der Waals surface area contributed by atoms with Crippen LogP contribution in [0.15, 0.2) is 4.99 Å². The van der Waals surface area contributed by atoms with E-state index in [2.05, 4.69) is 37.7 Å². The molecule has 1 aliphatic heterocycles. The molecule has 3 nitrogen and oxygen atoms in total. The van der Waals surface area contributed by atoms with Crippen molar-refractivity contribution in [3.63, 3.8) is 0 Å². The number of aliphatic imine (C=N–C) groups is 1. The summed E-state index contributed by atoms with van der Waals surface area (Å²) in [6.45, 7) is 8.37. The molecule has 0 bridgehead atoms. The van der Waals surface area contributed by atoms with Gasteiger partial charge in [-0.25, -0.2) is 0 Å². The SMILES string of the molecule is CN1CCCC1CN=C(N)C(C)(C)C. The molecular weight excluding hydrogens is 174 g/mol. The van der Waals surface area contributed by atoms with Gasteiger partial charge in [-0.2, -0.15) is 0 Å². The lowest BCUT2D eigenvalue weighted by Crippen LogP contribution is -2.32. The number of rotatable bonds is 2. The van der Waals surface area contributed by atoms with Gasteiger partial charge in [0.2, 0.25) is 0 Å². The number of likely N-dealkylation sites (N-methyl/N-ethyl adjacent to an activating group) is 1. The second kappa shape index (κ2) is 4.30. The summed E-state index contributed by atoms with van der Waals surface area (Å²) >= 11 is 0. The Hall–Kier alpha value is -0.570. The van der Waals surface area contributed by atoms with Gasteiger partial charge in [0.15, 0.2) is 0 Å². The van der Waals surface area contributed by atoms with Crippen LogP contribution in [0.1, 0.15) is 33.6 Å². The van der Waals surface area contributed by atoms with Crippen LogP contribution in [0.5, 0.6) is 0 Å². The van der Waals surface area contributed by atoms with Crippen LogP contribution < -0.4 is 5.73 Å². The molecule has 0 radical (unpaired) electrons. The van der Waals surface area contributed by atoms with Crippen LogP contribution in [0.2, 0.25) is 0 Å². The van der Waals surface area contributed by atoms with Crippen molar-refractivity contribution in [2.75, 3.05) is 20.1 Å².